The number of aryl methyl sites for hydroxylation is 1. The van der Waals surface area contributed by atoms with E-state index in [1.54, 1.807) is 18.3 Å². The maximum Gasteiger partial charge on any atom is 0.126 e. The fraction of sp³-hybridized carbons (Fsp3) is 0.286. The topological polar surface area (TPSA) is 26.0 Å². The molecule has 0 aliphatic carbocycles. The van der Waals surface area contributed by atoms with Gasteiger partial charge in [0.25, 0.3) is 0 Å². The van der Waals surface area contributed by atoms with E-state index in [1.807, 2.05) is 12.1 Å². The van der Waals surface area contributed by atoms with Gasteiger partial charge in [-0.15, -0.1) is 11.3 Å². The van der Waals surface area contributed by atoms with Crippen molar-refractivity contribution in [2.75, 3.05) is 0 Å². The lowest BCUT2D eigenvalue weighted by atomic mass is 10.1. The monoisotopic (exact) mass is 249 g/mol. The molecule has 2 rings (SSSR count). The summed E-state index contributed by atoms with van der Waals surface area (Å²) >= 11 is 1.69. The van der Waals surface area contributed by atoms with E-state index >= 15 is 0 Å². The summed E-state index contributed by atoms with van der Waals surface area (Å²) in [6.45, 7) is 3.86. The van der Waals surface area contributed by atoms with Crippen LogP contribution in [0.4, 0.5) is 4.39 Å². The summed E-state index contributed by atoms with van der Waals surface area (Å²) in [7, 11) is 0. The van der Waals surface area contributed by atoms with Crippen LogP contribution in [-0.2, 0) is 0 Å². The second-order valence-electron chi connectivity index (χ2n) is 4.18. The van der Waals surface area contributed by atoms with Crippen molar-refractivity contribution >= 4 is 11.3 Å². The summed E-state index contributed by atoms with van der Waals surface area (Å²) in [4.78, 5) is 2.33. The first kappa shape index (κ1) is 12.3. The second kappa shape index (κ2) is 4.98. The van der Waals surface area contributed by atoms with E-state index in [-0.39, 0.29) is 11.9 Å². The van der Waals surface area contributed by atoms with E-state index in [4.69, 9.17) is 5.73 Å². The first-order chi connectivity index (χ1) is 8.11. The third-order valence-electron chi connectivity index (χ3n) is 2.87. The lowest BCUT2D eigenvalue weighted by Gasteiger charge is -2.04. The molecule has 0 amide bonds. The van der Waals surface area contributed by atoms with Gasteiger partial charge in [0.1, 0.15) is 5.82 Å². The average Bonchev–Trinajstić information content (AvgIpc) is 2.81. The highest BCUT2D eigenvalue weighted by Gasteiger charge is 2.09. The van der Waals surface area contributed by atoms with E-state index < -0.39 is 0 Å². The van der Waals surface area contributed by atoms with Crippen LogP contribution in [0, 0.1) is 12.7 Å². The lowest BCUT2D eigenvalue weighted by Crippen LogP contribution is -2.05. The van der Waals surface area contributed by atoms with E-state index in [1.165, 1.54) is 10.9 Å². The van der Waals surface area contributed by atoms with Gasteiger partial charge in [0.15, 0.2) is 0 Å². The molecule has 1 heterocycles. The molecular weight excluding hydrogens is 233 g/mol. The summed E-state index contributed by atoms with van der Waals surface area (Å²) in [6, 6.07) is 9.44. The van der Waals surface area contributed by atoms with Gasteiger partial charge in [-0.05, 0) is 48.7 Å². The minimum Gasteiger partial charge on any atom is -0.323 e. The van der Waals surface area contributed by atoms with Crippen LogP contribution in [0.15, 0.2) is 30.3 Å². The van der Waals surface area contributed by atoms with Crippen LogP contribution in [0.1, 0.15) is 29.8 Å². The number of benzene rings is 1. The van der Waals surface area contributed by atoms with Gasteiger partial charge in [0.05, 0.1) is 0 Å². The molecule has 1 aromatic carbocycles. The molecule has 0 radical (unpaired) electrons. The Hall–Kier alpha value is -1.19. The number of thiophene rings is 1. The smallest absolute Gasteiger partial charge is 0.126 e. The quantitative estimate of drug-likeness (QED) is 0.863. The maximum absolute atomic E-state index is 13.2. The van der Waals surface area contributed by atoms with Crippen LogP contribution in [0.25, 0.3) is 10.4 Å². The minimum atomic E-state index is -0.157. The Bertz CT molecular complexity index is 519. The van der Waals surface area contributed by atoms with Gasteiger partial charge >= 0.3 is 0 Å². The maximum atomic E-state index is 13.2. The molecule has 1 nitrogen and oxygen atoms in total. The van der Waals surface area contributed by atoms with E-state index in [9.17, 15) is 4.39 Å². The van der Waals surface area contributed by atoms with E-state index in [2.05, 4.69) is 19.1 Å². The number of rotatable bonds is 3. The van der Waals surface area contributed by atoms with E-state index in [0.717, 1.165) is 16.9 Å². The fourth-order valence-electron chi connectivity index (χ4n) is 1.71. The van der Waals surface area contributed by atoms with Crippen molar-refractivity contribution in [1.82, 2.24) is 0 Å². The Balaban J connectivity index is 2.33. The molecule has 2 aromatic rings. The normalized spacial score (nSPS) is 12.7. The van der Waals surface area contributed by atoms with Crippen molar-refractivity contribution in [3.05, 3.63) is 46.6 Å². The number of hydrogen-bond acceptors (Lipinski definition) is 2. The molecule has 0 bridgehead atoms. The van der Waals surface area contributed by atoms with Gasteiger partial charge in [0.2, 0.25) is 0 Å². The fourth-order valence-corrected chi connectivity index (χ4v) is 2.80. The summed E-state index contributed by atoms with van der Waals surface area (Å²) in [5.74, 6) is -0.157. The number of nitrogens with two attached hydrogens (primary N) is 1. The molecule has 0 aliphatic rings. The molecule has 0 spiro atoms. The molecule has 1 atom stereocenters. The third kappa shape index (κ3) is 2.56. The molecule has 1 aromatic heterocycles. The van der Waals surface area contributed by atoms with Crippen molar-refractivity contribution in [3.63, 3.8) is 0 Å². The molecule has 3 heteroatoms. The first-order valence-corrected chi connectivity index (χ1v) is 6.55. The Morgan fingerprint density at radius 1 is 1.29 bits per heavy atom. The van der Waals surface area contributed by atoms with Crippen LogP contribution in [0.5, 0.6) is 0 Å². The molecule has 0 fully saturated rings. The predicted molar refractivity (Wildman–Crippen MR) is 71.7 cm³/mol. The Morgan fingerprint density at radius 2 is 2.06 bits per heavy atom. The standard InChI is InChI=1S/C14H16FNS/c1-3-12(16)14-7-6-13(17-14)10-4-5-11(15)9(2)8-10/h4-8,12H,3,16H2,1-2H3. The summed E-state index contributed by atoms with van der Waals surface area (Å²) < 4.78 is 13.2. The first-order valence-electron chi connectivity index (χ1n) is 5.73. The van der Waals surface area contributed by atoms with Gasteiger partial charge < -0.3 is 5.73 Å². The summed E-state index contributed by atoms with van der Waals surface area (Å²) in [5, 5.41) is 0. The minimum absolute atomic E-state index is 0.107. The lowest BCUT2D eigenvalue weighted by molar-refractivity contribution is 0.619. The number of hydrogen-bond donors (Lipinski definition) is 1. The highest BCUT2D eigenvalue weighted by Crippen LogP contribution is 2.32. The van der Waals surface area contributed by atoms with Gasteiger partial charge in [-0.3, -0.25) is 0 Å². The van der Waals surface area contributed by atoms with Crippen LogP contribution < -0.4 is 5.73 Å². The Morgan fingerprint density at radius 3 is 2.71 bits per heavy atom. The summed E-state index contributed by atoms with van der Waals surface area (Å²) in [6.07, 6.45) is 0.933. The molecule has 0 saturated carbocycles. The van der Waals surface area contributed by atoms with Gasteiger partial charge in [-0.2, -0.15) is 0 Å². The molecular formula is C14H16FNS. The van der Waals surface area contributed by atoms with Crippen molar-refractivity contribution in [2.45, 2.75) is 26.3 Å². The zero-order valence-corrected chi connectivity index (χ0v) is 10.9. The van der Waals surface area contributed by atoms with Crippen LogP contribution in [-0.4, -0.2) is 0 Å². The molecule has 2 N–H and O–H groups in total. The molecule has 0 aliphatic heterocycles. The van der Waals surface area contributed by atoms with Crippen molar-refractivity contribution in [3.8, 4) is 10.4 Å². The highest BCUT2D eigenvalue weighted by atomic mass is 32.1. The molecule has 0 saturated heterocycles. The average molecular weight is 249 g/mol. The highest BCUT2D eigenvalue weighted by molar-refractivity contribution is 7.15. The zero-order valence-electron chi connectivity index (χ0n) is 10.0. The SMILES string of the molecule is CCC(N)c1ccc(-c2ccc(F)c(C)c2)s1. The summed E-state index contributed by atoms with van der Waals surface area (Å²) in [5.41, 5.74) is 7.73. The third-order valence-corrected chi connectivity index (χ3v) is 4.14. The zero-order chi connectivity index (χ0) is 12.4. The van der Waals surface area contributed by atoms with Crippen LogP contribution >= 0.6 is 11.3 Å². The second-order valence-corrected chi connectivity index (χ2v) is 5.30. The van der Waals surface area contributed by atoms with Crippen LogP contribution in [0.2, 0.25) is 0 Å². The number of halogens is 1. The van der Waals surface area contributed by atoms with Crippen molar-refractivity contribution in [2.24, 2.45) is 5.73 Å². The van der Waals surface area contributed by atoms with Gasteiger partial charge in [-0.25, -0.2) is 4.39 Å². The Labute approximate surface area is 105 Å². The van der Waals surface area contributed by atoms with Gasteiger partial charge in [-0.1, -0.05) is 13.0 Å². The molecule has 90 valence electrons. The largest absolute Gasteiger partial charge is 0.323 e. The molecule has 1 unspecified atom stereocenters. The van der Waals surface area contributed by atoms with E-state index in [0.29, 0.717) is 5.56 Å². The van der Waals surface area contributed by atoms with Crippen molar-refractivity contribution < 1.29 is 4.39 Å². The Kier molecular flexibility index (Phi) is 3.60. The van der Waals surface area contributed by atoms with Gasteiger partial charge in [0, 0.05) is 15.8 Å². The van der Waals surface area contributed by atoms with Crippen molar-refractivity contribution in [1.29, 1.82) is 0 Å². The van der Waals surface area contributed by atoms with Crippen LogP contribution in [0.3, 0.4) is 0 Å². The molecule has 17 heavy (non-hydrogen) atoms. The predicted octanol–water partition coefficient (Wildman–Crippen LogP) is 4.27.